The monoisotopic (exact) mass is 309 g/mol. The number of nitriles is 1. The number of rotatable bonds is 3. The molecule has 19 heavy (non-hydrogen) atoms. The summed E-state index contributed by atoms with van der Waals surface area (Å²) in [6.07, 6.45) is 0. The van der Waals surface area contributed by atoms with Crippen LogP contribution in [-0.4, -0.2) is 5.78 Å². The van der Waals surface area contributed by atoms with Crippen LogP contribution < -0.4 is 0 Å². The van der Waals surface area contributed by atoms with Gasteiger partial charge in [-0.3, -0.25) is 4.79 Å². The van der Waals surface area contributed by atoms with Crippen LogP contribution in [0.5, 0.6) is 0 Å². The molecule has 0 saturated carbocycles. The van der Waals surface area contributed by atoms with Crippen LogP contribution in [0.1, 0.15) is 26.7 Å². The highest BCUT2D eigenvalue weighted by molar-refractivity contribution is 7.12. The highest BCUT2D eigenvalue weighted by atomic mass is 35.5. The number of aryl methyl sites for hydroxylation is 1. The van der Waals surface area contributed by atoms with Crippen molar-refractivity contribution in [2.75, 3.05) is 0 Å². The van der Waals surface area contributed by atoms with Gasteiger partial charge in [-0.15, -0.1) is 11.3 Å². The van der Waals surface area contributed by atoms with Crippen LogP contribution >= 0.6 is 34.5 Å². The minimum atomic E-state index is -0.855. The SMILES string of the molecule is Cc1ccsc1C(=O)C(C#N)c1ccc(Cl)c(Cl)c1. The number of ketones is 1. The Morgan fingerprint density at radius 3 is 2.58 bits per heavy atom. The molecule has 0 bridgehead atoms. The molecule has 0 aliphatic carbocycles. The first kappa shape index (κ1) is 14.1. The molecule has 1 atom stereocenters. The van der Waals surface area contributed by atoms with E-state index in [1.54, 1.807) is 18.2 Å². The summed E-state index contributed by atoms with van der Waals surface area (Å²) in [5.41, 5.74) is 1.45. The third kappa shape index (κ3) is 2.82. The minimum absolute atomic E-state index is 0.201. The van der Waals surface area contributed by atoms with E-state index in [4.69, 9.17) is 23.2 Å². The molecule has 0 amide bonds. The zero-order chi connectivity index (χ0) is 14.0. The van der Waals surface area contributed by atoms with E-state index in [2.05, 4.69) is 0 Å². The zero-order valence-corrected chi connectivity index (χ0v) is 12.3. The Morgan fingerprint density at radius 1 is 1.32 bits per heavy atom. The molecule has 0 aliphatic heterocycles. The first-order valence-electron chi connectivity index (χ1n) is 5.47. The van der Waals surface area contributed by atoms with E-state index in [9.17, 15) is 10.1 Å². The first-order chi connectivity index (χ1) is 9.04. The maximum Gasteiger partial charge on any atom is 0.194 e. The third-order valence-corrected chi connectivity index (χ3v) is 4.52. The standard InChI is InChI=1S/C14H9Cl2NOS/c1-8-4-5-19-14(8)13(18)10(7-17)9-2-3-11(15)12(16)6-9/h2-6,10H,1H3. The first-order valence-corrected chi connectivity index (χ1v) is 7.11. The van der Waals surface area contributed by atoms with E-state index in [-0.39, 0.29) is 5.78 Å². The van der Waals surface area contributed by atoms with E-state index in [1.807, 2.05) is 24.4 Å². The summed E-state index contributed by atoms with van der Waals surface area (Å²) in [5, 5.41) is 11.8. The predicted octanol–water partition coefficient (Wildman–Crippen LogP) is 4.85. The number of Topliss-reactive ketones (excluding diaryl/α,β-unsaturated/α-hetero) is 1. The van der Waals surface area contributed by atoms with Gasteiger partial charge in [-0.25, -0.2) is 0 Å². The predicted molar refractivity (Wildman–Crippen MR) is 78.2 cm³/mol. The lowest BCUT2D eigenvalue weighted by atomic mass is 9.94. The molecule has 96 valence electrons. The largest absolute Gasteiger partial charge is 0.291 e. The number of carbonyl (C=O) groups excluding carboxylic acids is 1. The van der Waals surface area contributed by atoms with Crippen LogP contribution in [0.3, 0.4) is 0 Å². The van der Waals surface area contributed by atoms with Crippen molar-refractivity contribution in [1.29, 1.82) is 5.26 Å². The molecule has 0 aliphatic rings. The summed E-state index contributed by atoms with van der Waals surface area (Å²) in [6.45, 7) is 1.85. The molecule has 2 nitrogen and oxygen atoms in total. The van der Waals surface area contributed by atoms with E-state index < -0.39 is 5.92 Å². The average Bonchev–Trinajstić information content (AvgIpc) is 2.80. The number of halogens is 2. The Kier molecular flexibility index (Phi) is 4.26. The summed E-state index contributed by atoms with van der Waals surface area (Å²) < 4.78 is 0. The summed E-state index contributed by atoms with van der Waals surface area (Å²) in [4.78, 5) is 13.0. The van der Waals surface area contributed by atoms with Crippen LogP contribution in [0.4, 0.5) is 0 Å². The molecule has 1 heterocycles. The summed E-state index contributed by atoms with van der Waals surface area (Å²) in [7, 11) is 0. The number of hydrogen-bond donors (Lipinski definition) is 0. The van der Waals surface area contributed by atoms with Gasteiger partial charge in [0.1, 0.15) is 5.92 Å². The number of hydrogen-bond acceptors (Lipinski definition) is 3. The van der Waals surface area contributed by atoms with Crippen LogP contribution in [0, 0.1) is 18.3 Å². The van der Waals surface area contributed by atoms with Crippen LogP contribution in [0.15, 0.2) is 29.6 Å². The minimum Gasteiger partial charge on any atom is -0.291 e. The second-order valence-electron chi connectivity index (χ2n) is 4.03. The fraction of sp³-hybridized carbons (Fsp3) is 0.143. The van der Waals surface area contributed by atoms with Gasteiger partial charge in [-0.1, -0.05) is 29.3 Å². The second kappa shape index (κ2) is 5.75. The molecule has 1 aromatic heterocycles. The molecular weight excluding hydrogens is 301 g/mol. The van der Waals surface area contributed by atoms with Crippen molar-refractivity contribution in [1.82, 2.24) is 0 Å². The second-order valence-corrected chi connectivity index (χ2v) is 5.76. The lowest BCUT2D eigenvalue weighted by molar-refractivity contribution is 0.0982. The molecule has 2 aromatic rings. The molecule has 0 fully saturated rings. The lowest BCUT2D eigenvalue weighted by Gasteiger charge is -2.09. The van der Waals surface area contributed by atoms with Gasteiger partial charge in [-0.2, -0.15) is 5.26 Å². The van der Waals surface area contributed by atoms with E-state index >= 15 is 0 Å². The maximum absolute atomic E-state index is 12.4. The smallest absolute Gasteiger partial charge is 0.194 e. The maximum atomic E-state index is 12.4. The van der Waals surface area contributed by atoms with Crippen molar-refractivity contribution in [2.45, 2.75) is 12.8 Å². The van der Waals surface area contributed by atoms with Gasteiger partial charge in [-0.05, 0) is 41.6 Å². The van der Waals surface area contributed by atoms with Gasteiger partial charge >= 0.3 is 0 Å². The van der Waals surface area contributed by atoms with Gasteiger partial charge in [0.15, 0.2) is 5.78 Å². The van der Waals surface area contributed by atoms with Crippen LogP contribution in [-0.2, 0) is 0 Å². The normalized spacial score (nSPS) is 11.9. The molecule has 0 radical (unpaired) electrons. The van der Waals surface area contributed by atoms with E-state index in [1.165, 1.54) is 11.3 Å². The van der Waals surface area contributed by atoms with Gasteiger partial charge in [0.05, 0.1) is 21.0 Å². The molecule has 1 aromatic carbocycles. The topological polar surface area (TPSA) is 40.9 Å². The molecule has 1 unspecified atom stereocenters. The number of nitrogens with zero attached hydrogens (tertiary/aromatic N) is 1. The van der Waals surface area contributed by atoms with Crippen molar-refractivity contribution >= 4 is 40.3 Å². The fourth-order valence-corrected chi connectivity index (χ4v) is 2.94. The Morgan fingerprint density at radius 2 is 2.05 bits per heavy atom. The van der Waals surface area contributed by atoms with Crippen molar-refractivity contribution in [3.63, 3.8) is 0 Å². The van der Waals surface area contributed by atoms with E-state index in [0.717, 1.165) is 5.56 Å². The molecule has 0 spiro atoms. The van der Waals surface area contributed by atoms with Crippen molar-refractivity contribution in [3.8, 4) is 6.07 Å². The van der Waals surface area contributed by atoms with Crippen LogP contribution in [0.2, 0.25) is 10.0 Å². The van der Waals surface area contributed by atoms with Crippen molar-refractivity contribution in [2.24, 2.45) is 0 Å². The number of carbonyl (C=O) groups is 1. The number of thiophene rings is 1. The third-order valence-electron chi connectivity index (χ3n) is 2.75. The highest BCUT2D eigenvalue weighted by Crippen LogP contribution is 2.30. The van der Waals surface area contributed by atoms with Gasteiger partial charge in [0.25, 0.3) is 0 Å². The van der Waals surface area contributed by atoms with Crippen molar-refractivity contribution < 1.29 is 4.79 Å². The molecule has 0 saturated heterocycles. The average molecular weight is 310 g/mol. The van der Waals surface area contributed by atoms with Gasteiger partial charge in [0, 0.05) is 0 Å². The van der Waals surface area contributed by atoms with Gasteiger partial charge < -0.3 is 0 Å². The lowest BCUT2D eigenvalue weighted by Crippen LogP contribution is -2.10. The Labute approximate surface area is 125 Å². The van der Waals surface area contributed by atoms with Gasteiger partial charge in [0.2, 0.25) is 0 Å². The summed E-state index contributed by atoms with van der Waals surface area (Å²) in [6, 6.07) is 8.72. The van der Waals surface area contributed by atoms with E-state index in [0.29, 0.717) is 20.5 Å². The quantitative estimate of drug-likeness (QED) is 0.760. The zero-order valence-electron chi connectivity index (χ0n) is 9.98. The summed E-state index contributed by atoms with van der Waals surface area (Å²) >= 11 is 13.1. The molecule has 5 heteroatoms. The molecule has 2 rings (SSSR count). The molecule has 0 N–H and O–H groups in total. The van der Waals surface area contributed by atoms with Crippen LogP contribution in [0.25, 0.3) is 0 Å². The summed E-state index contributed by atoms with van der Waals surface area (Å²) in [5.74, 6) is -1.06. The Balaban J connectivity index is 2.41. The van der Waals surface area contributed by atoms with Crippen molar-refractivity contribution in [3.05, 3.63) is 55.7 Å². The highest BCUT2D eigenvalue weighted by Gasteiger charge is 2.24. The fourth-order valence-electron chi connectivity index (χ4n) is 1.73. The Hall–Kier alpha value is -1.34. The number of benzene rings is 1. The molecular formula is C14H9Cl2NOS. The Bertz CT molecular complexity index is 672.